The molecular formula is C13H24N2O. The van der Waals surface area contributed by atoms with E-state index in [1.165, 1.54) is 12.8 Å². The Labute approximate surface area is 98.2 Å². The number of carbonyl (C=O) groups excluding carboxylic acids is 1. The molecule has 0 aromatic rings. The van der Waals surface area contributed by atoms with Gasteiger partial charge in [0.05, 0.1) is 5.41 Å². The highest BCUT2D eigenvalue weighted by Crippen LogP contribution is 2.38. The summed E-state index contributed by atoms with van der Waals surface area (Å²) in [6.07, 6.45) is 6.96. The fourth-order valence-corrected chi connectivity index (χ4v) is 2.85. The lowest BCUT2D eigenvalue weighted by molar-refractivity contribution is -0.130. The first-order chi connectivity index (χ1) is 7.68. The predicted molar refractivity (Wildman–Crippen MR) is 64.9 cm³/mol. The van der Waals surface area contributed by atoms with Gasteiger partial charge in [-0.2, -0.15) is 0 Å². The third-order valence-corrected chi connectivity index (χ3v) is 4.44. The first-order valence-electron chi connectivity index (χ1n) is 6.66. The van der Waals surface area contributed by atoms with Crippen LogP contribution in [0.1, 0.15) is 45.4 Å². The molecule has 0 spiro atoms. The molecule has 2 fully saturated rings. The van der Waals surface area contributed by atoms with Gasteiger partial charge in [0.2, 0.25) is 5.91 Å². The molecule has 1 atom stereocenters. The Kier molecular flexibility index (Phi) is 3.53. The van der Waals surface area contributed by atoms with Crippen LogP contribution in [0.2, 0.25) is 0 Å². The van der Waals surface area contributed by atoms with Crippen LogP contribution in [0.5, 0.6) is 0 Å². The Morgan fingerprint density at radius 3 is 2.56 bits per heavy atom. The first kappa shape index (κ1) is 11.9. The van der Waals surface area contributed by atoms with Crippen molar-refractivity contribution in [2.24, 2.45) is 23.0 Å². The van der Waals surface area contributed by atoms with Crippen LogP contribution in [-0.4, -0.2) is 19.0 Å². The molecule has 3 N–H and O–H groups in total. The second kappa shape index (κ2) is 4.74. The molecule has 92 valence electrons. The van der Waals surface area contributed by atoms with Crippen molar-refractivity contribution in [3.63, 3.8) is 0 Å². The van der Waals surface area contributed by atoms with Gasteiger partial charge in [0.1, 0.15) is 0 Å². The lowest BCUT2D eigenvalue weighted by Crippen LogP contribution is -2.45. The van der Waals surface area contributed by atoms with Gasteiger partial charge in [0.25, 0.3) is 0 Å². The minimum Gasteiger partial charge on any atom is -0.355 e. The summed E-state index contributed by atoms with van der Waals surface area (Å²) in [5.41, 5.74) is 5.55. The van der Waals surface area contributed by atoms with Gasteiger partial charge in [-0.3, -0.25) is 4.79 Å². The van der Waals surface area contributed by atoms with Gasteiger partial charge in [-0.1, -0.05) is 19.8 Å². The third-order valence-electron chi connectivity index (χ3n) is 4.44. The van der Waals surface area contributed by atoms with Gasteiger partial charge in [0, 0.05) is 13.1 Å². The molecule has 2 aliphatic carbocycles. The van der Waals surface area contributed by atoms with Gasteiger partial charge < -0.3 is 11.1 Å². The molecule has 0 bridgehead atoms. The van der Waals surface area contributed by atoms with Crippen molar-refractivity contribution in [3.05, 3.63) is 0 Å². The molecule has 3 nitrogen and oxygen atoms in total. The molecule has 3 heteroatoms. The molecule has 0 aliphatic heterocycles. The van der Waals surface area contributed by atoms with Crippen LogP contribution in [-0.2, 0) is 4.79 Å². The van der Waals surface area contributed by atoms with Gasteiger partial charge in [-0.25, -0.2) is 0 Å². The average molecular weight is 224 g/mol. The molecular weight excluding hydrogens is 200 g/mol. The molecule has 1 unspecified atom stereocenters. The molecule has 0 radical (unpaired) electrons. The predicted octanol–water partition coefficient (Wildman–Crippen LogP) is 1.67. The van der Waals surface area contributed by atoms with Gasteiger partial charge in [-0.05, 0) is 37.5 Å². The SMILES string of the molecule is CC(CNC(=O)C1(CN)CCCC1)C1CC1. The van der Waals surface area contributed by atoms with E-state index in [1.54, 1.807) is 0 Å². The van der Waals surface area contributed by atoms with Crippen LogP contribution in [0.15, 0.2) is 0 Å². The smallest absolute Gasteiger partial charge is 0.227 e. The van der Waals surface area contributed by atoms with Crippen LogP contribution in [0.25, 0.3) is 0 Å². The summed E-state index contributed by atoms with van der Waals surface area (Å²) >= 11 is 0. The molecule has 2 rings (SSSR count). The van der Waals surface area contributed by atoms with Gasteiger partial charge in [-0.15, -0.1) is 0 Å². The van der Waals surface area contributed by atoms with Crippen LogP contribution in [0, 0.1) is 17.3 Å². The highest BCUT2D eigenvalue weighted by Gasteiger charge is 2.40. The zero-order valence-electron chi connectivity index (χ0n) is 10.3. The fraction of sp³-hybridized carbons (Fsp3) is 0.923. The Morgan fingerprint density at radius 1 is 1.44 bits per heavy atom. The zero-order valence-corrected chi connectivity index (χ0v) is 10.3. The molecule has 1 amide bonds. The van der Waals surface area contributed by atoms with Crippen molar-refractivity contribution in [2.45, 2.75) is 45.4 Å². The largest absolute Gasteiger partial charge is 0.355 e. The maximum atomic E-state index is 12.2. The zero-order chi connectivity index (χ0) is 11.6. The number of hydrogen-bond donors (Lipinski definition) is 2. The van der Waals surface area contributed by atoms with Crippen LogP contribution < -0.4 is 11.1 Å². The molecule has 0 saturated heterocycles. The van der Waals surface area contributed by atoms with Crippen molar-refractivity contribution >= 4 is 5.91 Å². The Bertz CT molecular complexity index is 255. The minimum atomic E-state index is -0.233. The van der Waals surface area contributed by atoms with Crippen molar-refractivity contribution in [1.82, 2.24) is 5.32 Å². The minimum absolute atomic E-state index is 0.208. The topological polar surface area (TPSA) is 55.1 Å². The molecule has 0 aromatic carbocycles. The maximum Gasteiger partial charge on any atom is 0.227 e. The van der Waals surface area contributed by atoms with E-state index in [4.69, 9.17) is 5.73 Å². The highest BCUT2D eigenvalue weighted by atomic mass is 16.2. The van der Waals surface area contributed by atoms with Gasteiger partial charge >= 0.3 is 0 Å². The van der Waals surface area contributed by atoms with Crippen LogP contribution in [0.3, 0.4) is 0 Å². The van der Waals surface area contributed by atoms with E-state index in [0.717, 1.165) is 38.1 Å². The fourth-order valence-electron chi connectivity index (χ4n) is 2.85. The van der Waals surface area contributed by atoms with Crippen molar-refractivity contribution in [1.29, 1.82) is 0 Å². The first-order valence-corrected chi connectivity index (χ1v) is 6.66. The Morgan fingerprint density at radius 2 is 2.06 bits per heavy atom. The van der Waals surface area contributed by atoms with Crippen LogP contribution in [0.4, 0.5) is 0 Å². The number of nitrogens with one attached hydrogen (secondary N) is 1. The maximum absolute atomic E-state index is 12.2. The van der Waals surface area contributed by atoms with E-state index in [0.29, 0.717) is 12.5 Å². The van der Waals surface area contributed by atoms with Crippen molar-refractivity contribution in [2.75, 3.05) is 13.1 Å². The van der Waals surface area contributed by atoms with E-state index < -0.39 is 0 Å². The normalized spacial score (nSPS) is 25.4. The molecule has 0 heterocycles. The molecule has 2 saturated carbocycles. The number of hydrogen-bond acceptors (Lipinski definition) is 2. The quantitative estimate of drug-likeness (QED) is 0.746. The lowest BCUT2D eigenvalue weighted by atomic mass is 9.85. The molecule has 16 heavy (non-hydrogen) atoms. The second-order valence-corrected chi connectivity index (χ2v) is 5.72. The second-order valence-electron chi connectivity index (χ2n) is 5.72. The van der Waals surface area contributed by atoms with E-state index in [-0.39, 0.29) is 11.3 Å². The number of rotatable bonds is 5. The summed E-state index contributed by atoms with van der Waals surface area (Å²) in [5, 5.41) is 3.12. The Balaban J connectivity index is 1.81. The summed E-state index contributed by atoms with van der Waals surface area (Å²) in [6, 6.07) is 0. The average Bonchev–Trinajstić information content (AvgIpc) is 3.04. The van der Waals surface area contributed by atoms with Gasteiger partial charge in [0.15, 0.2) is 0 Å². The van der Waals surface area contributed by atoms with E-state index in [1.807, 2.05) is 0 Å². The highest BCUT2D eigenvalue weighted by molar-refractivity contribution is 5.83. The third kappa shape index (κ3) is 2.40. The number of nitrogens with two attached hydrogens (primary N) is 1. The Hall–Kier alpha value is -0.570. The number of amides is 1. The van der Waals surface area contributed by atoms with E-state index in [2.05, 4.69) is 12.2 Å². The summed E-state index contributed by atoms with van der Waals surface area (Å²) in [5.74, 6) is 1.71. The summed E-state index contributed by atoms with van der Waals surface area (Å²) in [6.45, 7) is 3.59. The summed E-state index contributed by atoms with van der Waals surface area (Å²) < 4.78 is 0. The van der Waals surface area contributed by atoms with Crippen molar-refractivity contribution < 1.29 is 4.79 Å². The monoisotopic (exact) mass is 224 g/mol. The van der Waals surface area contributed by atoms with E-state index >= 15 is 0 Å². The molecule has 0 aromatic heterocycles. The summed E-state index contributed by atoms with van der Waals surface area (Å²) in [7, 11) is 0. The number of carbonyl (C=O) groups is 1. The van der Waals surface area contributed by atoms with Crippen LogP contribution >= 0.6 is 0 Å². The van der Waals surface area contributed by atoms with Crippen molar-refractivity contribution in [3.8, 4) is 0 Å². The molecule has 2 aliphatic rings. The van der Waals surface area contributed by atoms with E-state index in [9.17, 15) is 4.79 Å². The summed E-state index contributed by atoms with van der Waals surface area (Å²) in [4.78, 5) is 12.2. The standard InChI is InChI=1S/C13H24N2O/c1-10(11-4-5-11)8-15-12(16)13(9-14)6-2-3-7-13/h10-11H,2-9,14H2,1H3,(H,15,16). The lowest BCUT2D eigenvalue weighted by Gasteiger charge is -2.26.